The van der Waals surface area contributed by atoms with E-state index in [-0.39, 0.29) is 11.5 Å². The highest BCUT2D eigenvalue weighted by molar-refractivity contribution is 6.26. The number of amides is 2. The number of carbonyl (C=O) groups is 2. The zero-order chi connectivity index (χ0) is 22.7. The van der Waals surface area contributed by atoms with Gasteiger partial charge >= 0.3 is 0 Å². The van der Waals surface area contributed by atoms with E-state index >= 15 is 0 Å². The van der Waals surface area contributed by atoms with Gasteiger partial charge in [0, 0.05) is 11.1 Å². The van der Waals surface area contributed by atoms with Crippen LogP contribution in [-0.2, 0) is 10.2 Å². The Balaban J connectivity index is 1.84. The molecule has 0 aliphatic carbocycles. The molecule has 32 heavy (non-hydrogen) atoms. The summed E-state index contributed by atoms with van der Waals surface area (Å²) in [5.74, 6) is -0.335. The fourth-order valence-corrected chi connectivity index (χ4v) is 3.36. The van der Waals surface area contributed by atoms with E-state index in [2.05, 4.69) is 20.8 Å². The van der Waals surface area contributed by atoms with Gasteiger partial charge in [-0.25, -0.2) is 4.90 Å². The van der Waals surface area contributed by atoms with Gasteiger partial charge in [0.1, 0.15) is 18.5 Å². The molecule has 4 rings (SSSR count). The first-order chi connectivity index (χ1) is 15.3. The van der Waals surface area contributed by atoms with Crippen LogP contribution < -0.4 is 9.64 Å². The Morgan fingerprint density at radius 3 is 1.91 bits per heavy atom. The van der Waals surface area contributed by atoms with Crippen LogP contribution in [-0.4, -0.2) is 31.1 Å². The van der Waals surface area contributed by atoms with Gasteiger partial charge in [0.15, 0.2) is 0 Å². The first kappa shape index (κ1) is 21.8. The zero-order valence-corrected chi connectivity index (χ0v) is 18.6. The Morgan fingerprint density at radius 2 is 1.44 bits per heavy atom. The van der Waals surface area contributed by atoms with Crippen molar-refractivity contribution in [2.75, 3.05) is 18.1 Å². The Kier molecular flexibility index (Phi) is 6.10. The van der Waals surface area contributed by atoms with Gasteiger partial charge in [0.05, 0.1) is 12.3 Å². The van der Waals surface area contributed by atoms with Crippen LogP contribution >= 0.6 is 0 Å². The van der Waals surface area contributed by atoms with Gasteiger partial charge in [0.25, 0.3) is 11.8 Å². The molecule has 164 valence electrons. The molecule has 1 heterocycles. The van der Waals surface area contributed by atoms with Crippen LogP contribution in [0.1, 0.15) is 47.1 Å². The highest BCUT2D eigenvalue weighted by atomic mass is 16.6. The SMILES string of the molecule is CC(C)(C)c1ccc(OCC2CO2)c(N(C(=O)c2ccccc2)C(=O)c2ccccc2)c1. The maximum atomic E-state index is 13.6. The lowest BCUT2D eigenvalue weighted by molar-refractivity contribution is 0.0896. The van der Waals surface area contributed by atoms with Gasteiger partial charge in [-0.1, -0.05) is 63.2 Å². The van der Waals surface area contributed by atoms with Crippen molar-refractivity contribution in [3.63, 3.8) is 0 Å². The van der Waals surface area contributed by atoms with Crippen LogP contribution in [0.5, 0.6) is 5.75 Å². The van der Waals surface area contributed by atoms with Crippen LogP contribution in [0.15, 0.2) is 78.9 Å². The molecular weight excluding hydrogens is 402 g/mol. The summed E-state index contributed by atoms with van der Waals surface area (Å²) in [6, 6.07) is 23.3. The fourth-order valence-electron chi connectivity index (χ4n) is 3.36. The molecule has 0 aromatic heterocycles. The second-order valence-corrected chi connectivity index (χ2v) is 8.88. The molecule has 5 heteroatoms. The Hall–Kier alpha value is -3.44. The maximum absolute atomic E-state index is 13.6. The zero-order valence-electron chi connectivity index (χ0n) is 18.6. The Bertz CT molecular complexity index is 1050. The summed E-state index contributed by atoms with van der Waals surface area (Å²) in [4.78, 5) is 28.5. The second-order valence-electron chi connectivity index (χ2n) is 8.88. The number of imide groups is 1. The van der Waals surface area contributed by atoms with E-state index in [1.54, 1.807) is 48.5 Å². The average molecular weight is 430 g/mol. The van der Waals surface area contributed by atoms with Gasteiger partial charge in [-0.3, -0.25) is 9.59 Å². The molecule has 0 spiro atoms. The minimum atomic E-state index is -0.405. The van der Waals surface area contributed by atoms with Crippen molar-refractivity contribution < 1.29 is 19.1 Å². The summed E-state index contributed by atoms with van der Waals surface area (Å²) < 4.78 is 11.3. The van der Waals surface area contributed by atoms with Gasteiger partial charge in [0.2, 0.25) is 0 Å². The molecule has 1 saturated heterocycles. The normalized spacial score (nSPS) is 15.2. The van der Waals surface area contributed by atoms with Crippen LogP contribution in [0.4, 0.5) is 5.69 Å². The van der Waals surface area contributed by atoms with E-state index < -0.39 is 11.8 Å². The number of epoxide rings is 1. The van der Waals surface area contributed by atoms with Gasteiger partial charge in [-0.05, 0) is 47.4 Å². The average Bonchev–Trinajstić information content (AvgIpc) is 3.63. The highest BCUT2D eigenvalue weighted by Gasteiger charge is 2.31. The summed E-state index contributed by atoms with van der Waals surface area (Å²) >= 11 is 0. The molecular formula is C27H27NO4. The maximum Gasteiger partial charge on any atom is 0.265 e. The molecule has 1 unspecified atom stereocenters. The summed E-state index contributed by atoms with van der Waals surface area (Å²) in [7, 11) is 0. The summed E-state index contributed by atoms with van der Waals surface area (Å²) in [6.07, 6.45) is 0.0493. The van der Waals surface area contributed by atoms with Crippen molar-refractivity contribution >= 4 is 17.5 Å². The molecule has 1 aliphatic heterocycles. The van der Waals surface area contributed by atoms with Crippen LogP contribution in [0.2, 0.25) is 0 Å². The third kappa shape index (κ3) is 4.89. The fraction of sp³-hybridized carbons (Fsp3) is 0.259. The van der Waals surface area contributed by atoms with Crippen molar-refractivity contribution in [3.8, 4) is 5.75 Å². The third-order valence-electron chi connectivity index (χ3n) is 5.34. The summed E-state index contributed by atoms with van der Waals surface area (Å²) in [6.45, 7) is 7.30. The van der Waals surface area contributed by atoms with E-state index in [4.69, 9.17) is 9.47 Å². The first-order valence-electron chi connectivity index (χ1n) is 10.7. The van der Waals surface area contributed by atoms with Crippen molar-refractivity contribution in [2.24, 2.45) is 0 Å². The van der Waals surface area contributed by atoms with Crippen LogP contribution in [0.3, 0.4) is 0 Å². The number of ether oxygens (including phenoxy) is 2. The molecule has 2 amide bonds. The lowest BCUT2D eigenvalue weighted by Crippen LogP contribution is -2.37. The molecule has 1 fully saturated rings. The number of nitrogens with zero attached hydrogens (tertiary/aromatic N) is 1. The molecule has 0 radical (unpaired) electrons. The molecule has 3 aromatic carbocycles. The standard InChI is InChI=1S/C27H27NO4/c1-27(2,3)21-14-15-24(32-18-22-17-31-22)23(16-21)28(25(29)19-10-6-4-7-11-19)26(30)20-12-8-5-9-13-20/h4-16,22H,17-18H2,1-3H3. The van der Waals surface area contributed by atoms with Crippen molar-refractivity contribution in [1.82, 2.24) is 0 Å². The van der Waals surface area contributed by atoms with Crippen LogP contribution in [0.25, 0.3) is 0 Å². The molecule has 1 atom stereocenters. The van der Waals surface area contributed by atoms with E-state index in [1.165, 1.54) is 4.90 Å². The molecule has 0 saturated carbocycles. The molecule has 5 nitrogen and oxygen atoms in total. The molecule has 1 aliphatic rings. The number of hydrogen-bond donors (Lipinski definition) is 0. The minimum Gasteiger partial charge on any atom is -0.489 e. The number of benzene rings is 3. The third-order valence-corrected chi connectivity index (χ3v) is 5.34. The monoisotopic (exact) mass is 429 g/mol. The van der Waals surface area contributed by atoms with Crippen molar-refractivity contribution in [3.05, 3.63) is 95.6 Å². The van der Waals surface area contributed by atoms with Gasteiger partial charge < -0.3 is 9.47 Å². The molecule has 0 bridgehead atoms. The van der Waals surface area contributed by atoms with Gasteiger partial charge in [-0.15, -0.1) is 0 Å². The Morgan fingerprint density at radius 1 is 0.906 bits per heavy atom. The first-order valence-corrected chi connectivity index (χ1v) is 10.7. The van der Waals surface area contributed by atoms with Crippen molar-refractivity contribution in [1.29, 1.82) is 0 Å². The largest absolute Gasteiger partial charge is 0.489 e. The van der Waals surface area contributed by atoms with Gasteiger partial charge in [-0.2, -0.15) is 0 Å². The minimum absolute atomic E-state index is 0.0493. The number of hydrogen-bond acceptors (Lipinski definition) is 4. The quantitative estimate of drug-likeness (QED) is 0.397. The number of anilines is 1. The highest BCUT2D eigenvalue weighted by Crippen LogP contribution is 2.36. The van der Waals surface area contributed by atoms with E-state index in [0.717, 1.165) is 5.56 Å². The number of carbonyl (C=O) groups excluding carboxylic acids is 2. The van der Waals surface area contributed by atoms with E-state index in [0.29, 0.717) is 35.8 Å². The lowest BCUT2D eigenvalue weighted by Gasteiger charge is -2.27. The van der Waals surface area contributed by atoms with E-state index in [1.807, 2.05) is 30.3 Å². The topological polar surface area (TPSA) is 59.1 Å². The second kappa shape index (κ2) is 8.97. The summed E-state index contributed by atoms with van der Waals surface area (Å²) in [5, 5.41) is 0. The van der Waals surface area contributed by atoms with E-state index in [9.17, 15) is 9.59 Å². The smallest absolute Gasteiger partial charge is 0.265 e. The number of rotatable bonds is 6. The predicted octanol–water partition coefficient (Wildman–Crippen LogP) is 5.25. The Labute approximate surface area is 188 Å². The summed E-state index contributed by atoms with van der Waals surface area (Å²) in [5.41, 5.74) is 2.10. The van der Waals surface area contributed by atoms with Crippen molar-refractivity contribution in [2.45, 2.75) is 32.3 Å². The molecule has 0 N–H and O–H groups in total. The van der Waals surface area contributed by atoms with Crippen LogP contribution in [0, 0.1) is 0 Å². The predicted molar refractivity (Wildman–Crippen MR) is 124 cm³/mol. The molecule has 3 aromatic rings. The lowest BCUT2D eigenvalue weighted by atomic mass is 9.86.